The van der Waals surface area contributed by atoms with Crippen LogP contribution < -0.4 is 10.2 Å². The average molecular weight is 383 g/mol. The molecule has 1 atom stereocenters. The van der Waals surface area contributed by atoms with Crippen LogP contribution in [0.5, 0.6) is 11.5 Å². The number of para-hydroxylation sites is 1. The number of benzene rings is 3. The number of rotatable bonds is 6. The van der Waals surface area contributed by atoms with Crippen molar-refractivity contribution in [1.82, 2.24) is 5.48 Å². The zero-order valence-corrected chi connectivity index (χ0v) is 15.0. The van der Waals surface area contributed by atoms with E-state index >= 15 is 0 Å². The van der Waals surface area contributed by atoms with Gasteiger partial charge >= 0.3 is 0 Å². The molecule has 0 spiro atoms. The van der Waals surface area contributed by atoms with Crippen molar-refractivity contribution < 1.29 is 23.2 Å². The predicted octanol–water partition coefficient (Wildman–Crippen LogP) is 3.50. The largest absolute Gasteiger partial charge is 0.457 e. The van der Waals surface area contributed by atoms with Crippen LogP contribution in [0, 0.1) is 0 Å². The summed E-state index contributed by atoms with van der Waals surface area (Å²) in [7, 11) is -4.08. The van der Waals surface area contributed by atoms with Gasteiger partial charge in [0.15, 0.2) is 15.1 Å². The van der Waals surface area contributed by atoms with Crippen molar-refractivity contribution in [3.8, 4) is 11.5 Å². The van der Waals surface area contributed by atoms with Gasteiger partial charge in [-0.1, -0.05) is 48.5 Å². The lowest BCUT2D eigenvalue weighted by Gasteiger charge is -2.16. The maximum atomic E-state index is 13.0. The zero-order chi connectivity index (χ0) is 19.3. The first-order valence-corrected chi connectivity index (χ1v) is 9.63. The fourth-order valence-electron chi connectivity index (χ4n) is 2.62. The molecule has 3 aromatic carbocycles. The molecule has 1 amide bonds. The number of nitrogens with one attached hydrogen (secondary N) is 1. The average Bonchev–Trinajstić information content (AvgIpc) is 2.70. The summed E-state index contributed by atoms with van der Waals surface area (Å²) in [6, 6.07) is 22.8. The minimum absolute atomic E-state index is 0.0552. The van der Waals surface area contributed by atoms with E-state index in [9.17, 15) is 13.2 Å². The van der Waals surface area contributed by atoms with Gasteiger partial charge in [-0.2, -0.15) is 0 Å². The van der Waals surface area contributed by atoms with Crippen LogP contribution in [0.2, 0.25) is 0 Å². The van der Waals surface area contributed by atoms with Crippen molar-refractivity contribution >= 4 is 15.7 Å². The molecule has 6 nitrogen and oxygen atoms in total. The topological polar surface area (TPSA) is 92.7 Å². The van der Waals surface area contributed by atoms with Crippen molar-refractivity contribution in [1.29, 1.82) is 0 Å². The molecule has 0 saturated heterocycles. The third-order valence-electron chi connectivity index (χ3n) is 3.89. The van der Waals surface area contributed by atoms with Gasteiger partial charge in [-0.3, -0.25) is 10.0 Å². The van der Waals surface area contributed by atoms with Gasteiger partial charge in [0.2, 0.25) is 0 Å². The van der Waals surface area contributed by atoms with Gasteiger partial charge in [-0.05, 0) is 42.0 Å². The lowest BCUT2D eigenvalue weighted by atomic mass is 10.1. The van der Waals surface area contributed by atoms with Crippen molar-refractivity contribution in [2.24, 2.45) is 0 Å². The molecule has 0 aliphatic heterocycles. The molecule has 0 fully saturated rings. The third kappa shape index (κ3) is 4.16. The molecule has 0 aromatic heterocycles. The van der Waals surface area contributed by atoms with E-state index in [2.05, 4.69) is 0 Å². The summed E-state index contributed by atoms with van der Waals surface area (Å²) in [6.07, 6.45) is 0. The van der Waals surface area contributed by atoms with Crippen LogP contribution in [0.1, 0.15) is 10.8 Å². The monoisotopic (exact) mass is 383 g/mol. The second kappa shape index (κ2) is 8.03. The minimum Gasteiger partial charge on any atom is -0.457 e. The molecule has 0 heterocycles. The van der Waals surface area contributed by atoms with Crippen LogP contribution in [-0.2, 0) is 14.6 Å². The number of hydrogen-bond acceptors (Lipinski definition) is 5. The Labute approximate surface area is 156 Å². The Balaban J connectivity index is 1.92. The van der Waals surface area contributed by atoms with Gasteiger partial charge in [0.1, 0.15) is 11.5 Å². The van der Waals surface area contributed by atoms with Crippen molar-refractivity contribution in [3.63, 3.8) is 0 Å². The second-order valence-corrected chi connectivity index (χ2v) is 7.73. The molecule has 0 aliphatic carbocycles. The summed E-state index contributed by atoms with van der Waals surface area (Å²) in [5, 5.41) is 7.44. The number of amides is 1. The molecule has 27 heavy (non-hydrogen) atoms. The number of carbonyl (C=O) groups is 1. The lowest BCUT2D eigenvalue weighted by molar-refractivity contribution is -0.128. The van der Waals surface area contributed by atoms with Gasteiger partial charge in [0, 0.05) is 0 Å². The molecular formula is C20H17NO5S. The number of hydroxylamine groups is 1. The fourth-order valence-corrected chi connectivity index (χ4v) is 4.25. The van der Waals surface area contributed by atoms with Gasteiger partial charge in [-0.15, -0.1) is 0 Å². The Morgan fingerprint density at radius 2 is 1.33 bits per heavy atom. The van der Waals surface area contributed by atoms with Crippen molar-refractivity contribution in [2.45, 2.75) is 10.1 Å². The molecule has 3 rings (SSSR count). The van der Waals surface area contributed by atoms with E-state index in [0.29, 0.717) is 11.5 Å². The number of sulfone groups is 1. The second-order valence-electron chi connectivity index (χ2n) is 5.70. The summed E-state index contributed by atoms with van der Waals surface area (Å²) in [6.45, 7) is 0. The predicted molar refractivity (Wildman–Crippen MR) is 99.3 cm³/mol. The summed E-state index contributed by atoms with van der Waals surface area (Å²) in [5.74, 6) is 0.0590. The van der Waals surface area contributed by atoms with Crippen LogP contribution in [0.15, 0.2) is 89.8 Å². The van der Waals surface area contributed by atoms with Crippen LogP contribution in [0.4, 0.5) is 0 Å². The maximum absolute atomic E-state index is 13.0. The molecule has 0 radical (unpaired) electrons. The quantitative estimate of drug-likeness (QED) is 0.502. The van der Waals surface area contributed by atoms with E-state index in [4.69, 9.17) is 9.94 Å². The molecule has 138 valence electrons. The van der Waals surface area contributed by atoms with Gasteiger partial charge in [-0.25, -0.2) is 13.9 Å². The SMILES string of the molecule is O=C(NO)C(c1ccccc1)S(=O)(=O)c1ccc(Oc2ccccc2)cc1. The highest BCUT2D eigenvalue weighted by molar-refractivity contribution is 7.92. The standard InChI is InChI=1S/C20H17NO5S/c22-20(21-23)19(15-7-3-1-4-8-15)27(24,25)18-13-11-17(12-14-18)26-16-9-5-2-6-10-16/h1-14,19,23H,(H,21,22). The Morgan fingerprint density at radius 3 is 1.89 bits per heavy atom. The Hall–Kier alpha value is -3.16. The van der Waals surface area contributed by atoms with Crippen molar-refractivity contribution in [2.75, 3.05) is 0 Å². The van der Waals surface area contributed by atoms with Gasteiger partial charge in [0.25, 0.3) is 5.91 Å². The molecule has 3 aromatic rings. The highest BCUT2D eigenvalue weighted by Crippen LogP contribution is 2.31. The Bertz CT molecular complexity index is 1000. The van der Waals surface area contributed by atoms with Crippen molar-refractivity contribution in [3.05, 3.63) is 90.5 Å². The maximum Gasteiger partial charge on any atom is 0.266 e. The normalized spacial score (nSPS) is 12.2. The summed E-state index contributed by atoms with van der Waals surface area (Å²) >= 11 is 0. The van der Waals surface area contributed by atoms with E-state index in [1.807, 2.05) is 18.2 Å². The number of ether oxygens (including phenoxy) is 1. The Morgan fingerprint density at radius 1 is 0.815 bits per heavy atom. The summed E-state index contributed by atoms with van der Waals surface area (Å²) < 4.78 is 31.6. The van der Waals surface area contributed by atoms with Gasteiger partial charge < -0.3 is 4.74 Å². The van der Waals surface area contributed by atoms with E-state index in [1.54, 1.807) is 30.3 Å². The first-order valence-electron chi connectivity index (χ1n) is 8.08. The Kier molecular flexibility index (Phi) is 5.54. The fraction of sp³-hybridized carbons (Fsp3) is 0.0500. The highest BCUT2D eigenvalue weighted by Gasteiger charge is 2.35. The van der Waals surface area contributed by atoms with Crippen LogP contribution in [-0.4, -0.2) is 19.5 Å². The number of hydrogen-bond donors (Lipinski definition) is 2. The van der Waals surface area contributed by atoms with E-state index in [-0.39, 0.29) is 10.5 Å². The van der Waals surface area contributed by atoms with E-state index in [0.717, 1.165) is 0 Å². The van der Waals surface area contributed by atoms with E-state index in [1.165, 1.54) is 41.9 Å². The molecule has 2 N–H and O–H groups in total. The summed E-state index contributed by atoms with van der Waals surface area (Å²) in [5.41, 5.74) is 1.70. The van der Waals surface area contributed by atoms with Crippen LogP contribution in [0.25, 0.3) is 0 Å². The zero-order valence-electron chi connectivity index (χ0n) is 14.1. The minimum atomic E-state index is -4.08. The molecule has 1 unspecified atom stereocenters. The van der Waals surface area contributed by atoms with Crippen LogP contribution in [0.3, 0.4) is 0 Å². The van der Waals surface area contributed by atoms with Crippen LogP contribution >= 0.6 is 0 Å². The lowest BCUT2D eigenvalue weighted by Crippen LogP contribution is -2.31. The first kappa shape index (κ1) is 18.6. The van der Waals surface area contributed by atoms with E-state index < -0.39 is 21.0 Å². The molecule has 0 aliphatic rings. The molecule has 0 bridgehead atoms. The summed E-state index contributed by atoms with van der Waals surface area (Å²) in [4.78, 5) is 12.0. The number of carbonyl (C=O) groups excluding carboxylic acids is 1. The highest BCUT2D eigenvalue weighted by atomic mass is 32.2. The first-order chi connectivity index (χ1) is 13.0. The molecule has 0 saturated carbocycles. The van der Waals surface area contributed by atoms with Gasteiger partial charge in [0.05, 0.1) is 4.90 Å². The molecule has 7 heteroatoms. The third-order valence-corrected chi connectivity index (χ3v) is 5.93. The molecular weight excluding hydrogens is 366 g/mol. The smallest absolute Gasteiger partial charge is 0.266 e.